The van der Waals surface area contributed by atoms with E-state index in [1.165, 1.54) is 4.57 Å². The van der Waals surface area contributed by atoms with Gasteiger partial charge in [-0.3, -0.25) is 4.79 Å². The number of aromatic nitrogens is 4. The van der Waals surface area contributed by atoms with Crippen LogP contribution in [0.5, 0.6) is 0 Å². The van der Waals surface area contributed by atoms with Crippen molar-refractivity contribution in [1.29, 1.82) is 0 Å². The molecule has 0 unspecified atom stereocenters. The Kier molecular flexibility index (Phi) is 3.68. The van der Waals surface area contributed by atoms with Gasteiger partial charge in [-0.25, -0.2) is 4.98 Å². The van der Waals surface area contributed by atoms with Crippen molar-refractivity contribution in [2.24, 2.45) is 7.05 Å². The molecule has 3 aromatic rings. The number of aryl methyl sites for hydroxylation is 2. The normalized spacial score (nSPS) is 15.2. The van der Waals surface area contributed by atoms with Crippen LogP contribution in [0.15, 0.2) is 29.3 Å². The summed E-state index contributed by atoms with van der Waals surface area (Å²) in [4.78, 5) is 21.1. The third-order valence-electron chi connectivity index (χ3n) is 4.33. The van der Waals surface area contributed by atoms with Gasteiger partial charge in [0.15, 0.2) is 0 Å². The second-order valence-electron chi connectivity index (χ2n) is 5.94. The highest BCUT2D eigenvalue weighted by Gasteiger charge is 2.20. The molecule has 4 rings (SSSR count). The van der Waals surface area contributed by atoms with Crippen LogP contribution in [0.3, 0.4) is 0 Å². The van der Waals surface area contributed by atoms with Crippen LogP contribution in [0.4, 0.5) is 10.8 Å². The smallest absolute Gasteiger partial charge is 0.260 e. The highest BCUT2D eigenvalue weighted by molar-refractivity contribution is 7.15. The highest BCUT2D eigenvalue weighted by Crippen LogP contribution is 2.24. The summed E-state index contributed by atoms with van der Waals surface area (Å²) >= 11 is 1.63. The summed E-state index contributed by atoms with van der Waals surface area (Å²) in [6.45, 7) is 5.63. The van der Waals surface area contributed by atoms with Gasteiger partial charge < -0.3 is 14.4 Å². The Bertz CT molecular complexity index is 941. The molecule has 0 radical (unpaired) electrons. The largest absolute Gasteiger partial charge is 0.368 e. The molecular weight excluding hydrogens is 324 g/mol. The van der Waals surface area contributed by atoms with Crippen molar-refractivity contribution < 1.29 is 0 Å². The van der Waals surface area contributed by atoms with Gasteiger partial charge in [0, 0.05) is 38.9 Å². The van der Waals surface area contributed by atoms with E-state index in [0.29, 0.717) is 5.39 Å². The molecule has 7 nitrogen and oxygen atoms in total. The van der Waals surface area contributed by atoms with Gasteiger partial charge in [-0.15, -0.1) is 10.2 Å². The zero-order valence-corrected chi connectivity index (χ0v) is 14.5. The van der Waals surface area contributed by atoms with Gasteiger partial charge in [-0.1, -0.05) is 11.3 Å². The molecule has 0 spiro atoms. The van der Waals surface area contributed by atoms with Crippen LogP contribution in [-0.4, -0.2) is 45.9 Å². The van der Waals surface area contributed by atoms with Crippen molar-refractivity contribution in [3.05, 3.63) is 39.9 Å². The van der Waals surface area contributed by atoms with E-state index >= 15 is 0 Å². The first-order valence-corrected chi connectivity index (χ1v) is 8.69. The summed E-state index contributed by atoms with van der Waals surface area (Å²) in [7, 11) is 1.72. The summed E-state index contributed by atoms with van der Waals surface area (Å²) in [6.07, 6.45) is 1.57. The van der Waals surface area contributed by atoms with Gasteiger partial charge in [0.1, 0.15) is 5.01 Å². The molecule has 2 aromatic heterocycles. The van der Waals surface area contributed by atoms with Crippen molar-refractivity contribution in [3.8, 4) is 0 Å². The van der Waals surface area contributed by atoms with Crippen LogP contribution in [-0.2, 0) is 7.05 Å². The standard InChI is InChI=1S/C16H18N6OS/c1-11-18-19-16(24-11)22-7-5-21(6-8-22)12-3-4-13-14(9-12)17-10-20(2)15(13)23/h3-4,9-10H,5-8H2,1-2H3. The van der Waals surface area contributed by atoms with Crippen molar-refractivity contribution in [1.82, 2.24) is 19.7 Å². The maximum Gasteiger partial charge on any atom is 0.260 e. The molecule has 24 heavy (non-hydrogen) atoms. The number of anilines is 2. The minimum atomic E-state index is -0.0111. The van der Waals surface area contributed by atoms with Crippen LogP contribution >= 0.6 is 11.3 Å². The minimum absolute atomic E-state index is 0.0111. The lowest BCUT2D eigenvalue weighted by molar-refractivity contribution is 0.650. The molecule has 1 saturated heterocycles. The molecule has 0 N–H and O–H groups in total. The summed E-state index contributed by atoms with van der Waals surface area (Å²) in [5, 5.41) is 11.0. The first-order chi connectivity index (χ1) is 11.6. The van der Waals surface area contributed by atoms with Crippen molar-refractivity contribution in [3.63, 3.8) is 0 Å². The summed E-state index contributed by atoms with van der Waals surface area (Å²) in [6, 6.07) is 5.89. The quantitative estimate of drug-likeness (QED) is 0.702. The molecular formula is C16H18N6OS. The number of hydrogen-bond acceptors (Lipinski definition) is 7. The Hall–Kier alpha value is -2.48. The summed E-state index contributed by atoms with van der Waals surface area (Å²) < 4.78 is 1.50. The van der Waals surface area contributed by atoms with Crippen molar-refractivity contribution >= 4 is 33.1 Å². The summed E-state index contributed by atoms with van der Waals surface area (Å²) in [5.74, 6) is 0. The average Bonchev–Trinajstić information content (AvgIpc) is 3.04. The van der Waals surface area contributed by atoms with Crippen molar-refractivity contribution in [2.75, 3.05) is 36.0 Å². The SMILES string of the molecule is Cc1nnc(N2CCN(c3ccc4c(=O)n(C)cnc4c3)CC2)s1. The fraction of sp³-hybridized carbons (Fsp3) is 0.375. The van der Waals surface area contributed by atoms with Crippen LogP contribution in [0.1, 0.15) is 5.01 Å². The Morgan fingerprint density at radius 3 is 2.54 bits per heavy atom. The maximum atomic E-state index is 12.1. The fourth-order valence-electron chi connectivity index (χ4n) is 2.97. The third kappa shape index (κ3) is 2.62. The molecule has 1 aliphatic rings. The predicted octanol–water partition coefficient (Wildman–Crippen LogP) is 1.42. The average molecular weight is 342 g/mol. The lowest BCUT2D eigenvalue weighted by Crippen LogP contribution is -2.46. The van der Waals surface area contributed by atoms with Gasteiger partial charge in [0.25, 0.3) is 5.56 Å². The number of benzene rings is 1. The van der Waals surface area contributed by atoms with Crippen LogP contribution in [0.25, 0.3) is 10.9 Å². The Labute approximate surface area is 143 Å². The third-order valence-corrected chi connectivity index (χ3v) is 5.23. The fourth-order valence-corrected chi connectivity index (χ4v) is 3.70. The van der Waals surface area contributed by atoms with E-state index in [4.69, 9.17) is 0 Å². The zero-order valence-electron chi connectivity index (χ0n) is 13.6. The molecule has 124 valence electrons. The van der Waals surface area contributed by atoms with Gasteiger partial charge in [-0.2, -0.15) is 0 Å². The number of piperazine rings is 1. The van der Waals surface area contributed by atoms with E-state index in [-0.39, 0.29) is 5.56 Å². The van der Waals surface area contributed by atoms with E-state index < -0.39 is 0 Å². The molecule has 1 aliphatic heterocycles. The van der Waals surface area contributed by atoms with Crippen molar-refractivity contribution in [2.45, 2.75) is 6.92 Å². The number of fused-ring (bicyclic) bond motifs is 1. The minimum Gasteiger partial charge on any atom is -0.368 e. The molecule has 0 atom stereocenters. The topological polar surface area (TPSA) is 67.2 Å². The van der Waals surface area contributed by atoms with E-state index in [9.17, 15) is 4.79 Å². The zero-order chi connectivity index (χ0) is 16.7. The molecule has 3 heterocycles. The number of rotatable bonds is 2. The Balaban J connectivity index is 1.54. The lowest BCUT2D eigenvalue weighted by Gasteiger charge is -2.35. The molecule has 1 aromatic carbocycles. The number of hydrogen-bond donors (Lipinski definition) is 0. The van der Waals surface area contributed by atoms with Crippen LogP contribution in [0.2, 0.25) is 0 Å². The van der Waals surface area contributed by atoms with Gasteiger partial charge >= 0.3 is 0 Å². The first-order valence-electron chi connectivity index (χ1n) is 7.87. The van der Waals surface area contributed by atoms with E-state index in [0.717, 1.165) is 47.5 Å². The van der Waals surface area contributed by atoms with Gasteiger partial charge in [0.05, 0.1) is 17.2 Å². The van der Waals surface area contributed by atoms with E-state index in [2.05, 4.69) is 25.0 Å². The Morgan fingerprint density at radius 1 is 1.08 bits per heavy atom. The molecule has 0 saturated carbocycles. The molecule has 1 fully saturated rings. The van der Waals surface area contributed by atoms with Crippen LogP contribution in [0, 0.1) is 6.92 Å². The van der Waals surface area contributed by atoms with E-state index in [1.807, 2.05) is 25.1 Å². The first kappa shape index (κ1) is 15.1. The predicted molar refractivity (Wildman–Crippen MR) is 96.1 cm³/mol. The molecule has 8 heteroatoms. The van der Waals surface area contributed by atoms with Crippen LogP contribution < -0.4 is 15.4 Å². The van der Waals surface area contributed by atoms with E-state index in [1.54, 1.807) is 24.7 Å². The molecule has 0 aliphatic carbocycles. The molecule has 0 bridgehead atoms. The van der Waals surface area contributed by atoms with Gasteiger partial charge in [0.2, 0.25) is 5.13 Å². The molecule has 0 amide bonds. The number of nitrogens with zero attached hydrogens (tertiary/aromatic N) is 6. The summed E-state index contributed by atoms with van der Waals surface area (Å²) in [5.41, 5.74) is 1.84. The lowest BCUT2D eigenvalue weighted by atomic mass is 10.2. The second kappa shape index (κ2) is 5.86. The van der Waals surface area contributed by atoms with Gasteiger partial charge in [-0.05, 0) is 25.1 Å². The Morgan fingerprint density at radius 2 is 1.83 bits per heavy atom. The highest BCUT2D eigenvalue weighted by atomic mass is 32.1. The maximum absolute atomic E-state index is 12.1. The monoisotopic (exact) mass is 342 g/mol. The second-order valence-corrected chi connectivity index (χ2v) is 7.10.